The van der Waals surface area contributed by atoms with Gasteiger partial charge in [0.05, 0.1) is 26.4 Å². The van der Waals surface area contributed by atoms with Crippen LogP contribution in [0, 0.1) is 5.92 Å². The van der Waals surface area contributed by atoms with Crippen LogP contribution in [0.1, 0.15) is 49.9 Å². The number of carbonyl (C=O) groups is 3. The van der Waals surface area contributed by atoms with Crippen LogP contribution in [-0.2, 0) is 14.3 Å². The minimum atomic E-state index is -0.391. The minimum Gasteiger partial charge on any atom is -0.378 e. The van der Waals surface area contributed by atoms with Gasteiger partial charge in [-0.25, -0.2) is 4.79 Å². The maximum absolute atomic E-state index is 13.3. The molecule has 290 valence electrons. The van der Waals surface area contributed by atoms with Gasteiger partial charge in [0, 0.05) is 80.8 Å². The van der Waals surface area contributed by atoms with E-state index in [-0.39, 0.29) is 17.7 Å². The van der Waals surface area contributed by atoms with Crippen LogP contribution in [0.3, 0.4) is 0 Å². The van der Waals surface area contributed by atoms with Crippen molar-refractivity contribution >= 4 is 41.1 Å². The molecule has 54 heavy (non-hydrogen) atoms. The molecule has 5 heterocycles. The second-order valence-corrected chi connectivity index (χ2v) is 13.6. The Kier molecular flexibility index (Phi) is 13.6. The molecule has 3 aromatic rings. The third kappa shape index (κ3) is 9.81. The van der Waals surface area contributed by atoms with Gasteiger partial charge in [0.1, 0.15) is 0 Å². The highest BCUT2D eigenvalue weighted by atomic mass is 16.5. The van der Waals surface area contributed by atoms with Crippen LogP contribution in [0.15, 0.2) is 48.5 Å². The molecule has 15 heteroatoms. The second kappa shape index (κ2) is 18.9. The molecule has 4 aliphatic heterocycles. The van der Waals surface area contributed by atoms with Gasteiger partial charge in [0.25, 0.3) is 5.91 Å². The Labute approximate surface area is 317 Å². The summed E-state index contributed by atoms with van der Waals surface area (Å²) in [6, 6.07) is 14.5. The molecular formula is C39H54N10O5. The fourth-order valence-corrected chi connectivity index (χ4v) is 7.33. The van der Waals surface area contributed by atoms with Gasteiger partial charge in [-0.2, -0.15) is 15.0 Å². The molecule has 0 radical (unpaired) electrons. The number of piperidine rings is 2. The highest BCUT2D eigenvalue weighted by Gasteiger charge is 2.31. The molecule has 0 spiro atoms. The molecule has 4 saturated heterocycles. The summed E-state index contributed by atoms with van der Waals surface area (Å²) in [4.78, 5) is 61.2. The maximum Gasteiger partial charge on any atom is 0.323 e. The topological polar surface area (TPSA) is 157 Å². The first-order valence-corrected chi connectivity index (χ1v) is 19.4. The Hall–Kier alpha value is -4.86. The summed E-state index contributed by atoms with van der Waals surface area (Å²) in [5.41, 5.74) is 2.60. The van der Waals surface area contributed by atoms with Crippen LogP contribution >= 0.6 is 0 Å². The fraction of sp³-hybridized carbons (Fsp3) is 0.538. The molecule has 0 atom stereocenters. The number of aromatic nitrogens is 3. The maximum atomic E-state index is 13.3. The van der Waals surface area contributed by atoms with Gasteiger partial charge >= 0.3 is 6.03 Å². The van der Waals surface area contributed by atoms with Gasteiger partial charge < -0.3 is 45.0 Å². The summed E-state index contributed by atoms with van der Waals surface area (Å²) >= 11 is 0. The summed E-state index contributed by atoms with van der Waals surface area (Å²) in [7, 11) is 1.70. The second-order valence-electron chi connectivity index (χ2n) is 13.6. The van der Waals surface area contributed by atoms with Crippen LogP contribution in [0.25, 0.3) is 11.4 Å². The lowest BCUT2D eigenvalue weighted by atomic mass is 9.92. The van der Waals surface area contributed by atoms with E-state index in [1.807, 2.05) is 43.0 Å². The number of morpholine rings is 2. The smallest absolute Gasteiger partial charge is 0.323 e. The number of nitrogens with one attached hydrogen (secondary N) is 3. The quantitative estimate of drug-likeness (QED) is 0.307. The highest BCUT2D eigenvalue weighted by Crippen LogP contribution is 2.26. The Bertz CT molecular complexity index is 1640. The van der Waals surface area contributed by atoms with Crippen molar-refractivity contribution in [2.24, 2.45) is 5.92 Å². The van der Waals surface area contributed by atoms with Gasteiger partial charge in [-0.1, -0.05) is 13.8 Å². The zero-order valence-corrected chi connectivity index (χ0v) is 31.8. The van der Waals surface area contributed by atoms with E-state index < -0.39 is 6.03 Å². The fourth-order valence-electron chi connectivity index (χ4n) is 7.33. The van der Waals surface area contributed by atoms with E-state index >= 15 is 0 Å². The molecule has 4 amide bonds. The van der Waals surface area contributed by atoms with Crippen molar-refractivity contribution in [3.63, 3.8) is 0 Å². The zero-order chi connectivity index (χ0) is 37.9. The van der Waals surface area contributed by atoms with Gasteiger partial charge in [-0.05, 0) is 87.3 Å². The van der Waals surface area contributed by atoms with Crippen molar-refractivity contribution in [1.29, 1.82) is 0 Å². The molecule has 0 unspecified atom stereocenters. The molecule has 3 N–H and O–H groups in total. The largest absolute Gasteiger partial charge is 0.378 e. The normalized spacial score (nSPS) is 18.7. The summed E-state index contributed by atoms with van der Waals surface area (Å²) in [5, 5.41) is 8.51. The number of hydrogen-bond acceptors (Lipinski definition) is 11. The summed E-state index contributed by atoms with van der Waals surface area (Å²) in [5.74, 6) is 2.06. The predicted octanol–water partition coefficient (Wildman–Crippen LogP) is 3.94. The molecular weight excluding hydrogens is 688 g/mol. The average molecular weight is 743 g/mol. The van der Waals surface area contributed by atoms with E-state index in [0.29, 0.717) is 106 Å². The number of ether oxygens (including phenoxy) is 2. The summed E-state index contributed by atoms with van der Waals surface area (Å²) in [6.45, 7) is 12.6. The highest BCUT2D eigenvalue weighted by molar-refractivity contribution is 6.00. The van der Waals surface area contributed by atoms with Crippen LogP contribution in [0.2, 0.25) is 0 Å². The number of benzene rings is 2. The van der Waals surface area contributed by atoms with Crippen molar-refractivity contribution in [2.75, 3.05) is 106 Å². The first-order chi connectivity index (χ1) is 26.4. The van der Waals surface area contributed by atoms with Crippen LogP contribution in [-0.4, -0.2) is 134 Å². The Morgan fingerprint density at radius 2 is 1.15 bits per heavy atom. The van der Waals surface area contributed by atoms with Crippen LogP contribution < -0.4 is 25.8 Å². The SMILES string of the molecule is CC.CNC(=O)C1CCN(C2CCN(C(=O)c3ccc(NC(=O)Nc4ccc(-c5nc(N6CCOCC6)nc(N6CCOCC6)n5)cc4)cc3)CC2)CC1. The van der Waals surface area contributed by atoms with E-state index in [1.165, 1.54) is 0 Å². The molecule has 7 rings (SSSR count). The van der Waals surface area contributed by atoms with Crippen molar-refractivity contribution in [3.05, 3.63) is 54.1 Å². The summed E-state index contributed by atoms with van der Waals surface area (Å²) < 4.78 is 11.1. The van der Waals surface area contributed by atoms with Crippen molar-refractivity contribution in [1.82, 2.24) is 30.1 Å². The summed E-state index contributed by atoms with van der Waals surface area (Å²) in [6.07, 6.45) is 3.63. The van der Waals surface area contributed by atoms with Crippen molar-refractivity contribution in [2.45, 2.75) is 45.6 Å². The molecule has 4 fully saturated rings. The van der Waals surface area contributed by atoms with Gasteiger partial charge in [-0.3, -0.25) is 9.59 Å². The van der Waals surface area contributed by atoms with Crippen molar-refractivity contribution in [3.8, 4) is 11.4 Å². The van der Waals surface area contributed by atoms with Crippen LogP contribution in [0.4, 0.5) is 28.1 Å². The number of rotatable bonds is 8. The van der Waals surface area contributed by atoms with Crippen molar-refractivity contribution < 1.29 is 23.9 Å². The molecule has 15 nitrogen and oxygen atoms in total. The molecule has 0 bridgehead atoms. The first-order valence-electron chi connectivity index (χ1n) is 19.4. The number of amides is 4. The number of hydrogen-bond donors (Lipinski definition) is 3. The predicted molar refractivity (Wildman–Crippen MR) is 209 cm³/mol. The third-order valence-electron chi connectivity index (χ3n) is 10.4. The van der Waals surface area contributed by atoms with Crippen LogP contribution in [0.5, 0.6) is 0 Å². The molecule has 1 aromatic heterocycles. The zero-order valence-electron chi connectivity index (χ0n) is 31.8. The molecule has 4 aliphatic rings. The number of likely N-dealkylation sites (tertiary alicyclic amines) is 2. The Morgan fingerprint density at radius 1 is 0.648 bits per heavy atom. The lowest BCUT2D eigenvalue weighted by Crippen LogP contribution is -2.50. The van der Waals surface area contributed by atoms with Gasteiger partial charge in [0.2, 0.25) is 17.8 Å². The standard InChI is InChI=1S/C37H48N10O5.C2H6/c1-38-33(48)27-10-14-44(15-11-27)31-12-16-45(17-13-31)34(49)28-4-8-30(9-5-28)40-37(50)39-29-6-2-26(3-7-29)32-41-35(46-18-22-51-23-19-46)43-36(42-32)47-20-24-52-25-21-47;1-2/h2-9,27,31H,10-25H2,1H3,(H,38,48)(H2,39,40,50);1-2H3. The van der Waals surface area contributed by atoms with E-state index in [4.69, 9.17) is 24.4 Å². The minimum absolute atomic E-state index is 0.000162. The first kappa shape index (κ1) is 38.9. The Balaban J connectivity index is 0.00000245. The van der Waals surface area contributed by atoms with E-state index in [2.05, 4.69) is 30.7 Å². The van der Waals surface area contributed by atoms with E-state index in [0.717, 1.165) is 44.3 Å². The van der Waals surface area contributed by atoms with E-state index in [1.54, 1.807) is 31.3 Å². The number of carbonyl (C=O) groups excluding carboxylic acids is 3. The molecule has 0 saturated carbocycles. The lowest BCUT2D eigenvalue weighted by Gasteiger charge is -2.41. The monoisotopic (exact) mass is 742 g/mol. The number of urea groups is 1. The van der Waals surface area contributed by atoms with Gasteiger partial charge in [-0.15, -0.1) is 0 Å². The molecule has 2 aromatic carbocycles. The number of nitrogens with zero attached hydrogens (tertiary/aromatic N) is 7. The number of anilines is 4. The van der Waals surface area contributed by atoms with Gasteiger partial charge in [0.15, 0.2) is 5.82 Å². The van der Waals surface area contributed by atoms with E-state index in [9.17, 15) is 14.4 Å². The third-order valence-corrected chi connectivity index (χ3v) is 10.4. The lowest BCUT2D eigenvalue weighted by molar-refractivity contribution is -0.126. The average Bonchev–Trinajstić information content (AvgIpc) is 3.25. The Morgan fingerprint density at radius 3 is 1.65 bits per heavy atom. The molecule has 0 aliphatic carbocycles.